The van der Waals surface area contributed by atoms with Gasteiger partial charge in [-0.05, 0) is 56.0 Å². The Morgan fingerprint density at radius 2 is 1.47 bits per heavy atom. The molecule has 1 saturated carbocycles. The molecule has 0 atom stereocenters. The van der Waals surface area contributed by atoms with Gasteiger partial charge in [-0.3, -0.25) is 9.59 Å². The highest BCUT2D eigenvalue weighted by atomic mass is 16.5. The van der Waals surface area contributed by atoms with Crippen LogP contribution in [-0.2, 0) is 4.79 Å². The van der Waals surface area contributed by atoms with Crippen LogP contribution in [0.5, 0.6) is 5.75 Å². The van der Waals surface area contributed by atoms with E-state index in [0.717, 1.165) is 101 Å². The van der Waals surface area contributed by atoms with Gasteiger partial charge in [-0.2, -0.15) is 0 Å². The van der Waals surface area contributed by atoms with Crippen molar-refractivity contribution in [3.8, 4) is 5.75 Å². The molecule has 3 fully saturated rings. The van der Waals surface area contributed by atoms with Gasteiger partial charge < -0.3 is 24.8 Å². The summed E-state index contributed by atoms with van der Waals surface area (Å²) in [5.74, 6) is 1.13. The van der Waals surface area contributed by atoms with Gasteiger partial charge in [-0.15, -0.1) is 0 Å². The van der Waals surface area contributed by atoms with E-state index in [2.05, 4.69) is 21.2 Å². The third kappa shape index (κ3) is 5.30. The van der Waals surface area contributed by atoms with E-state index in [1.807, 2.05) is 41.3 Å². The molecule has 0 radical (unpaired) electrons. The van der Waals surface area contributed by atoms with Crippen molar-refractivity contribution in [1.29, 1.82) is 0 Å². The highest BCUT2D eigenvalue weighted by molar-refractivity contribution is 6.02. The number of likely N-dealkylation sites (tertiary alicyclic amines) is 1. The largest absolute Gasteiger partial charge is 0.495 e. The molecule has 192 valence electrons. The summed E-state index contributed by atoms with van der Waals surface area (Å²) in [5.41, 5.74) is 3.49. The highest BCUT2D eigenvalue weighted by Crippen LogP contribution is 2.32. The Bertz CT molecular complexity index is 1070. The van der Waals surface area contributed by atoms with Crippen LogP contribution in [0.3, 0.4) is 0 Å². The SMILES string of the molecule is COc1ccccc1N1CCN(c2ccc(NC(=O)C3CCCCC3)cc2C(=O)N2CCCC2)CC1. The topological polar surface area (TPSA) is 65.1 Å². The zero-order valence-electron chi connectivity index (χ0n) is 21.4. The molecule has 2 amide bonds. The molecule has 7 nitrogen and oxygen atoms in total. The molecule has 5 rings (SSSR count). The number of amides is 2. The molecular formula is C29H38N4O3. The maximum Gasteiger partial charge on any atom is 0.256 e. The third-order valence-electron chi connectivity index (χ3n) is 7.91. The van der Waals surface area contributed by atoms with E-state index in [-0.39, 0.29) is 17.7 Å². The van der Waals surface area contributed by atoms with E-state index in [1.54, 1.807) is 7.11 Å². The Kier molecular flexibility index (Phi) is 7.63. The fourth-order valence-electron chi connectivity index (χ4n) is 5.84. The Morgan fingerprint density at radius 1 is 0.806 bits per heavy atom. The van der Waals surface area contributed by atoms with Crippen LogP contribution in [0, 0.1) is 5.92 Å². The summed E-state index contributed by atoms with van der Waals surface area (Å²) in [6, 6.07) is 14.0. The van der Waals surface area contributed by atoms with Gasteiger partial charge in [-0.25, -0.2) is 0 Å². The highest BCUT2D eigenvalue weighted by Gasteiger charge is 2.28. The molecule has 0 unspecified atom stereocenters. The molecule has 7 heteroatoms. The van der Waals surface area contributed by atoms with Crippen LogP contribution in [0.15, 0.2) is 42.5 Å². The molecule has 2 aliphatic heterocycles. The second kappa shape index (κ2) is 11.2. The average Bonchev–Trinajstić information content (AvgIpc) is 3.48. The van der Waals surface area contributed by atoms with Crippen LogP contribution in [0.25, 0.3) is 0 Å². The van der Waals surface area contributed by atoms with E-state index >= 15 is 0 Å². The van der Waals surface area contributed by atoms with Gasteiger partial charge in [0.1, 0.15) is 5.75 Å². The molecule has 2 heterocycles. The van der Waals surface area contributed by atoms with Crippen LogP contribution in [0.2, 0.25) is 0 Å². The van der Waals surface area contributed by atoms with Gasteiger partial charge in [0, 0.05) is 56.6 Å². The number of rotatable bonds is 6. The third-order valence-corrected chi connectivity index (χ3v) is 7.91. The molecular weight excluding hydrogens is 452 g/mol. The van der Waals surface area contributed by atoms with Crippen LogP contribution in [0.4, 0.5) is 17.1 Å². The lowest BCUT2D eigenvalue weighted by molar-refractivity contribution is -0.120. The Hall–Kier alpha value is -3.22. The number of ether oxygens (including phenoxy) is 1. The first-order valence-electron chi connectivity index (χ1n) is 13.5. The number of hydrogen-bond donors (Lipinski definition) is 1. The zero-order valence-corrected chi connectivity index (χ0v) is 21.4. The second-order valence-electron chi connectivity index (χ2n) is 10.2. The summed E-state index contributed by atoms with van der Waals surface area (Å²) in [6.07, 6.45) is 7.48. The van der Waals surface area contributed by atoms with Gasteiger partial charge in [0.15, 0.2) is 0 Å². The first-order valence-corrected chi connectivity index (χ1v) is 13.5. The molecule has 1 N–H and O–H groups in total. The van der Waals surface area contributed by atoms with Crippen LogP contribution in [-0.4, -0.2) is 63.1 Å². The lowest BCUT2D eigenvalue weighted by Gasteiger charge is -2.38. The number of nitrogens with one attached hydrogen (secondary N) is 1. The van der Waals surface area contributed by atoms with Crippen molar-refractivity contribution in [3.05, 3.63) is 48.0 Å². The van der Waals surface area contributed by atoms with Crippen LogP contribution in [0.1, 0.15) is 55.3 Å². The Balaban J connectivity index is 1.34. The van der Waals surface area contributed by atoms with Crippen LogP contribution < -0.4 is 19.9 Å². The summed E-state index contributed by atoms with van der Waals surface area (Å²) in [5, 5.41) is 3.12. The van der Waals surface area contributed by atoms with Crippen molar-refractivity contribution in [2.75, 3.05) is 61.5 Å². The van der Waals surface area contributed by atoms with E-state index in [0.29, 0.717) is 5.56 Å². The molecule has 3 aliphatic rings. The monoisotopic (exact) mass is 490 g/mol. The summed E-state index contributed by atoms with van der Waals surface area (Å²) in [6.45, 7) is 4.92. The molecule has 0 bridgehead atoms. The molecule has 0 aromatic heterocycles. The van der Waals surface area contributed by atoms with Crippen molar-refractivity contribution in [1.82, 2.24) is 4.90 Å². The fraction of sp³-hybridized carbons (Fsp3) is 0.517. The summed E-state index contributed by atoms with van der Waals surface area (Å²) in [4.78, 5) is 33.1. The minimum absolute atomic E-state index is 0.0726. The summed E-state index contributed by atoms with van der Waals surface area (Å²) in [7, 11) is 1.71. The number of methoxy groups -OCH3 is 1. The number of carbonyl (C=O) groups is 2. The molecule has 1 aliphatic carbocycles. The minimum atomic E-state index is 0.0726. The van der Waals surface area contributed by atoms with E-state index in [9.17, 15) is 9.59 Å². The quantitative estimate of drug-likeness (QED) is 0.632. The number of para-hydroxylation sites is 2. The number of piperazine rings is 1. The maximum absolute atomic E-state index is 13.6. The first-order chi connectivity index (χ1) is 17.6. The zero-order chi connectivity index (χ0) is 24.9. The first kappa shape index (κ1) is 24.5. The fourth-order valence-corrected chi connectivity index (χ4v) is 5.84. The summed E-state index contributed by atoms with van der Waals surface area (Å²) >= 11 is 0. The molecule has 2 aromatic rings. The van der Waals surface area contributed by atoms with Gasteiger partial charge in [0.2, 0.25) is 5.91 Å². The lowest BCUT2D eigenvalue weighted by atomic mass is 9.88. The molecule has 36 heavy (non-hydrogen) atoms. The van der Waals surface area contributed by atoms with E-state index in [1.165, 1.54) is 6.42 Å². The number of anilines is 3. The molecule has 2 aromatic carbocycles. The van der Waals surface area contributed by atoms with Crippen molar-refractivity contribution >= 4 is 28.9 Å². The number of hydrogen-bond acceptors (Lipinski definition) is 5. The van der Waals surface area contributed by atoms with Gasteiger partial charge in [-0.1, -0.05) is 31.4 Å². The van der Waals surface area contributed by atoms with Gasteiger partial charge in [0.25, 0.3) is 5.91 Å². The molecule has 2 saturated heterocycles. The number of benzene rings is 2. The lowest BCUT2D eigenvalue weighted by Crippen LogP contribution is -2.47. The number of carbonyl (C=O) groups excluding carboxylic acids is 2. The van der Waals surface area contributed by atoms with Gasteiger partial charge >= 0.3 is 0 Å². The second-order valence-corrected chi connectivity index (χ2v) is 10.2. The van der Waals surface area contributed by atoms with Crippen molar-refractivity contribution in [2.24, 2.45) is 5.92 Å². The standard InChI is InChI=1S/C29H38N4O3/c1-36-27-12-6-5-11-26(27)32-19-17-31(18-20-32)25-14-13-23(30-28(34)22-9-3-2-4-10-22)21-24(25)29(35)33-15-7-8-16-33/h5-6,11-14,21-22H,2-4,7-10,15-20H2,1H3,(H,30,34). The van der Waals surface area contributed by atoms with Crippen molar-refractivity contribution < 1.29 is 14.3 Å². The number of nitrogens with zero attached hydrogens (tertiary/aromatic N) is 3. The van der Waals surface area contributed by atoms with Gasteiger partial charge in [0.05, 0.1) is 18.4 Å². The maximum atomic E-state index is 13.6. The Morgan fingerprint density at radius 3 is 2.17 bits per heavy atom. The molecule has 0 spiro atoms. The predicted octanol–water partition coefficient (Wildman–Crippen LogP) is 4.78. The predicted molar refractivity (Wildman–Crippen MR) is 144 cm³/mol. The summed E-state index contributed by atoms with van der Waals surface area (Å²) < 4.78 is 5.57. The Labute approximate surface area is 214 Å². The van der Waals surface area contributed by atoms with E-state index in [4.69, 9.17) is 4.74 Å². The van der Waals surface area contributed by atoms with Crippen LogP contribution >= 0.6 is 0 Å². The minimum Gasteiger partial charge on any atom is -0.495 e. The van der Waals surface area contributed by atoms with E-state index < -0.39 is 0 Å². The smallest absolute Gasteiger partial charge is 0.256 e. The van der Waals surface area contributed by atoms with Crippen molar-refractivity contribution in [3.63, 3.8) is 0 Å². The van der Waals surface area contributed by atoms with Crippen molar-refractivity contribution in [2.45, 2.75) is 44.9 Å². The normalized spacial score (nSPS) is 18.9. The average molecular weight is 491 g/mol.